The van der Waals surface area contributed by atoms with E-state index in [1.54, 1.807) is 11.8 Å². The Kier molecular flexibility index (Phi) is 5.98. The molecule has 0 aliphatic heterocycles. The van der Waals surface area contributed by atoms with Crippen molar-refractivity contribution in [2.45, 2.75) is 75.8 Å². The number of hydrogen-bond donors (Lipinski definition) is 0. The van der Waals surface area contributed by atoms with Crippen LogP contribution in [0.4, 0.5) is 0 Å². The van der Waals surface area contributed by atoms with Crippen LogP contribution in [0.5, 0.6) is 0 Å². The van der Waals surface area contributed by atoms with Crippen molar-refractivity contribution in [2.75, 3.05) is 5.75 Å². The molecule has 4 heteroatoms. The normalized spacial score (nSPS) is 16.6. The van der Waals surface area contributed by atoms with Gasteiger partial charge in [0.25, 0.3) is 5.56 Å². The summed E-state index contributed by atoms with van der Waals surface area (Å²) in [7, 11) is 0. The molecule has 2 aromatic carbocycles. The summed E-state index contributed by atoms with van der Waals surface area (Å²) in [6.45, 7) is 4.30. The van der Waals surface area contributed by atoms with Crippen molar-refractivity contribution in [1.82, 2.24) is 9.55 Å². The lowest BCUT2D eigenvalue weighted by molar-refractivity contribution is 0.283. The van der Waals surface area contributed by atoms with Gasteiger partial charge in [-0.3, -0.25) is 9.36 Å². The molecule has 5 rings (SSSR count). The first-order valence-electron chi connectivity index (χ1n) is 12.1. The van der Waals surface area contributed by atoms with E-state index in [1.807, 2.05) is 16.7 Å². The fraction of sp³-hybridized carbons (Fsp3) is 0.429. The van der Waals surface area contributed by atoms with Gasteiger partial charge in [0, 0.05) is 16.7 Å². The van der Waals surface area contributed by atoms with E-state index >= 15 is 0 Å². The summed E-state index contributed by atoms with van der Waals surface area (Å²) in [5, 5.41) is 0.833. The van der Waals surface area contributed by atoms with Gasteiger partial charge in [0.1, 0.15) is 0 Å². The second kappa shape index (κ2) is 8.90. The van der Waals surface area contributed by atoms with Crippen molar-refractivity contribution >= 4 is 11.8 Å². The van der Waals surface area contributed by atoms with Gasteiger partial charge in [0.15, 0.2) is 5.16 Å². The number of aryl methyl sites for hydroxylation is 1. The van der Waals surface area contributed by atoms with Crippen LogP contribution in [0.15, 0.2) is 58.5 Å². The highest BCUT2D eigenvalue weighted by Gasteiger charge is 2.43. The van der Waals surface area contributed by atoms with Gasteiger partial charge in [0.2, 0.25) is 0 Å². The van der Waals surface area contributed by atoms with Crippen LogP contribution in [0.25, 0.3) is 16.9 Å². The van der Waals surface area contributed by atoms with Crippen LogP contribution >= 0.6 is 11.8 Å². The van der Waals surface area contributed by atoms with Gasteiger partial charge in [-0.15, -0.1) is 0 Å². The second-order valence-corrected chi connectivity index (χ2v) is 10.5. The average molecular weight is 445 g/mol. The summed E-state index contributed by atoms with van der Waals surface area (Å²) >= 11 is 1.72. The maximum atomic E-state index is 14.4. The van der Waals surface area contributed by atoms with Crippen molar-refractivity contribution in [2.24, 2.45) is 0 Å². The molecule has 0 atom stereocenters. The first-order chi connectivity index (χ1) is 15.6. The molecule has 0 N–H and O–H groups in total. The van der Waals surface area contributed by atoms with Crippen LogP contribution in [0.3, 0.4) is 0 Å². The van der Waals surface area contributed by atoms with Crippen LogP contribution in [0.1, 0.15) is 68.6 Å². The molecule has 1 aromatic heterocycles. The number of nitrogens with zero attached hydrogens (tertiary/aromatic N) is 2. The van der Waals surface area contributed by atoms with Crippen LogP contribution in [0, 0.1) is 6.92 Å². The molecule has 1 spiro atoms. The van der Waals surface area contributed by atoms with Crippen molar-refractivity contribution < 1.29 is 0 Å². The van der Waals surface area contributed by atoms with Gasteiger partial charge < -0.3 is 0 Å². The first kappa shape index (κ1) is 21.5. The Hall–Kier alpha value is -2.33. The topological polar surface area (TPSA) is 34.9 Å². The summed E-state index contributed by atoms with van der Waals surface area (Å²) < 4.78 is 1.93. The van der Waals surface area contributed by atoms with Gasteiger partial charge in [-0.2, -0.15) is 0 Å². The minimum absolute atomic E-state index is 0.0803. The minimum Gasteiger partial charge on any atom is -0.268 e. The minimum atomic E-state index is -0.0803. The quantitative estimate of drug-likeness (QED) is 0.245. The molecular formula is C28H32N2OS. The van der Waals surface area contributed by atoms with Gasteiger partial charge in [0.05, 0.1) is 16.9 Å². The molecule has 1 saturated carbocycles. The number of fused-ring (bicyclic) bond motifs is 4. The van der Waals surface area contributed by atoms with Gasteiger partial charge in [-0.05, 0) is 49.8 Å². The third-order valence-corrected chi connectivity index (χ3v) is 8.31. The van der Waals surface area contributed by atoms with Crippen LogP contribution < -0.4 is 5.56 Å². The maximum Gasteiger partial charge on any atom is 0.263 e. The average Bonchev–Trinajstić information content (AvgIpc) is 2.80. The van der Waals surface area contributed by atoms with Crippen LogP contribution in [-0.4, -0.2) is 15.3 Å². The Morgan fingerprint density at radius 1 is 1.03 bits per heavy atom. The molecule has 0 radical (unpaired) electrons. The van der Waals surface area contributed by atoms with E-state index in [0.29, 0.717) is 0 Å². The van der Waals surface area contributed by atoms with Crippen molar-refractivity contribution in [1.29, 1.82) is 0 Å². The van der Waals surface area contributed by atoms with E-state index in [0.717, 1.165) is 71.1 Å². The third-order valence-electron chi connectivity index (χ3n) is 7.28. The zero-order valence-electron chi connectivity index (χ0n) is 19.2. The number of hydrogen-bond acceptors (Lipinski definition) is 3. The third kappa shape index (κ3) is 3.63. The fourth-order valence-electron chi connectivity index (χ4n) is 5.62. The predicted molar refractivity (Wildman–Crippen MR) is 134 cm³/mol. The van der Waals surface area contributed by atoms with E-state index in [9.17, 15) is 4.79 Å². The lowest BCUT2D eigenvalue weighted by atomic mass is 9.62. The van der Waals surface area contributed by atoms with E-state index in [-0.39, 0.29) is 11.0 Å². The van der Waals surface area contributed by atoms with E-state index in [4.69, 9.17) is 4.98 Å². The van der Waals surface area contributed by atoms with Crippen LogP contribution in [0.2, 0.25) is 0 Å². The Morgan fingerprint density at radius 3 is 2.56 bits per heavy atom. The largest absolute Gasteiger partial charge is 0.268 e. The van der Waals surface area contributed by atoms with E-state index in [2.05, 4.69) is 50.2 Å². The molecule has 0 saturated heterocycles. The van der Waals surface area contributed by atoms with Crippen molar-refractivity contribution in [3.05, 3.63) is 75.6 Å². The number of benzene rings is 2. The first-order valence-corrected chi connectivity index (χ1v) is 13.1. The highest BCUT2D eigenvalue weighted by atomic mass is 32.2. The lowest BCUT2D eigenvalue weighted by Gasteiger charge is -2.42. The van der Waals surface area contributed by atoms with Gasteiger partial charge in [-0.1, -0.05) is 86.8 Å². The second-order valence-electron chi connectivity index (χ2n) is 9.42. The zero-order chi connectivity index (χ0) is 22.1. The standard InChI is InChI=1S/C28H32N2OS/c1-3-4-18-32-27-29-25-22-14-8-7-13-21(22)19-28(16-10-5-11-17-28)24(25)26(31)30(27)23-15-9-6-12-20(23)2/h6-9,12-15H,3-5,10-11,16-19H2,1-2H3. The predicted octanol–water partition coefficient (Wildman–Crippen LogP) is 6.86. The molecule has 3 nitrogen and oxygen atoms in total. The molecule has 2 aliphatic carbocycles. The number of rotatable bonds is 5. The summed E-state index contributed by atoms with van der Waals surface area (Å²) in [6.07, 6.45) is 9.04. The molecule has 2 aliphatic rings. The molecule has 0 unspecified atom stereocenters. The van der Waals surface area contributed by atoms with Crippen LogP contribution in [-0.2, 0) is 11.8 Å². The molecule has 166 valence electrons. The smallest absolute Gasteiger partial charge is 0.263 e. The molecule has 1 heterocycles. The highest BCUT2D eigenvalue weighted by molar-refractivity contribution is 7.99. The Balaban J connectivity index is 1.80. The fourth-order valence-corrected chi connectivity index (χ4v) is 6.70. The SMILES string of the molecule is CCCCSc1nc2c(c(=O)n1-c1ccccc1C)C1(CCCCC1)Cc1ccccc1-2. The molecule has 1 fully saturated rings. The lowest BCUT2D eigenvalue weighted by Crippen LogP contribution is -2.43. The van der Waals surface area contributed by atoms with Crippen molar-refractivity contribution in [3.63, 3.8) is 0 Å². The molecular weight excluding hydrogens is 412 g/mol. The Labute approximate surface area is 195 Å². The number of aromatic nitrogens is 2. The Morgan fingerprint density at radius 2 is 1.78 bits per heavy atom. The van der Waals surface area contributed by atoms with E-state index in [1.165, 1.54) is 24.8 Å². The summed E-state index contributed by atoms with van der Waals surface area (Å²) in [4.78, 5) is 19.7. The number of thioether (sulfide) groups is 1. The summed E-state index contributed by atoms with van der Waals surface area (Å²) in [5.74, 6) is 0.973. The monoisotopic (exact) mass is 444 g/mol. The maximum absolute atomic E-state index is 14.4. The van der Waals surface area contributed by atoms with Gasteiger partial charge in [-0.25, -0.2) is 4.98 Å². The number of para-hydroxylation sites is 1. The Bertz CT molecular complexity index is 1190. The molecule has 0 bridgehead atoms. The molecule has 0 amide bonds. The van der Waals surface area contributed by atoms with E-state index < -0.39 is 0 Å². The molecule has 3 aromatic rings. The summed E-state index contributed by atoms with van der Waals surface area (Å²) in [6, 6.07) is 16.8. The van der Waals surface area contributed by atoms with Gasteiger partial charge >= 0.3 is 0 Å². The highest BCUT2D eigenvalue weighted by Crippen LogP contribution is 2.49. The summed E-state index contributed by atoms with van der Waals surface area (Å²) in [5.41, 5.74) is 6.58. The number of unbranched alkanes of at least 4 members (excludes halogenated alkanes) is 1. The molecule has 32 heavy (non-hydrogen) atoms. The zero-order valence-corrected chi connectivity index (χ0v) is 20.0. The van der Waals surface area contributed by atoms with Crippen molar-refractivity contribution in [3.8, 4) is 16.9 Å².